The summed E-state index contributed by atoms with van der Waals surface area (Å²) in [5.74, 6) is 4.43. The highest BCUT2D eigenvalue weighted by Crippen LogP contribution is 2.19. The maximum absolute atomic E-state index is 13.3. The molecule has 0 aliphatic heterocycles. The number of aromatic nitrogens is 3. The second kappa shape index (κ2) is 7.22. The minimum absolute atomic E-state index is 0.287. The SMILES string of the molecule is Fc1cc(F)cc(C#Cc2ccc3n[nH]c(/C=C/c4ccccn4)c3c2)c1. The fourth-order valence-electron chi connectivity index (χ4n) is 2.65. The van der Waals surface area contributed by atoms with E-state index in [1.165, 1.54) is 12.1 Å². The summed E-state index contributed by atoms with van der Waals surface area (Å²) in [6.45, 7) is 0. The van der Waals surface area contributed by atoms with Crippen molar-refractivity contribution in [2.45, 2.75) is 0 Å². The Bertz CT molecular complexity index is 1180. The summed E-state index contributed by atoms with van der Waals surface area (Å²) in [5, 5.41) is 8.16. The minimum atomic E-state index is -0.647. The lowest BCUT2D eigenvalue weighted by Crippen LogP contribution is -1.83. The van der Waals surface area contributed by atoms with Gasteiger partial charge in [0.2, 0.25) is 0 Å². The fourth-order valence-corrected chi connectivity index (χ4v) is 2.65. The van der Waals surface area contributed by atoms with Crippen molar-refractivity contribution in [2.24, 2.45) is 0 Å². The van der Waals surface area contributed by atoms with Gasteiger partial charge in [0.15, 0.2) is 0 Å². The van der Waals surface area contributed by atoms with Crippen molar-refractivity contribution in [3.8, 4) is 11.8 Å². The van der Waals surface area contributed by atoms with Crippen molar-refractivity contribution < 1.29 is 8.78 Å². The van der Waals surface area contributed by atoms with E-state index in [1.54, 1.807) is 6.20 Å². The van der Waals surface area contributed by atoms with Crippen LogP contribution in [0.4, 0.5) is 8.78 Å². The second-order valence-corrected chi connectivity index (χ2v) is 5.87. The van der Waals surface area contributed by atoms with Crippen LogP contribution in [0, 0.1) is 23.5 Å². The molecule has 0 atom stereocenters. The van der Waals surface area contributed by atoms with Gasteiger partial charge in [-0.05, 0) is 54.6 Å². The van der Waals surface area contributed by atoms with Gasteiger partial charge in [0.25, 0.3) is 0 Å². The normalized spacial score (nSPS) is 10.9. The quantitative estimate of drug-likeness (QED) is 0.523. The minimum Gasteiger partial charge on any atom is -0.277 e. The van der Waals surface area contributed by atoms with Crippen LogP contribution in [-0.2, 0) is 0 Å². The van der Waals surface area contributed by atoms with Crippen molar-refractivity contribution in [3.63, 3.8) is 0 Å². The fraction of sp³-hybridized carbons (Fsp3) is 0. The molecule has 0 aliphatic carbocycles. The molecule has 0 spiro atoms. The van der Waals surface area contributed by atoms with Crippen LogP contribution in [-0.4, -0.2) is 15.2 Å². The highest BCUT2D eigenvalue weighted by atomic mass is 19.1. The summed E-state index contributed by atoms with van der Waals surface area (Å²) in [5.41, 5.74) is 3.48. The summed E-state index contributed by atoms with van der Waals surface area (Å²) in [6, 6.07) is 14.5. The number of hydrogen-bond donors (Lipinski definition) is 1. The lowest BCUT2D eigenvalue weighted by molar-refractivity contribution is 0.582. The molecule has 0 saturated heterocycles. The van der Waals surface area contributed by atoms with Crippen LogP contribution in [0.3, 0.4) is 0 Å². The molecule has 0 aliphatic rings. The maximum Gasteiger partial charge on any atom is 0.127 e. The predicted octanol–water partition coefficient (Wildman–Crippen LogP) is 4.81. The van der Waals surface area contributed by atoms with Crippen molar-refractivity contribution in [1.29, 1.82) is 0 Å². The van der Waals surface area contributed by atoms with Crippen LogP contribution in [0.1, 0.15) is 22.5 Å². The first-order chi connectivity index (χ1) is 13.2. The summed E-state index contributed by atoms with van der Waals surface area (Å²) < 4.78 is 26.5. The Morgan fingerprint density at radius 2 is 1.67 bits per heavy atom. The number of fused-ring (bicyclic) bond motifs is 1. The van der Waals surface area contributed by atoms with Gasteiger partial charge in [0, 0.05) is 28.8 Å². The van der Waals surface area contributed by atoms with Crippen LogP contribution in [0.15, 0.2) is 60.8 Å². The lowest BCUT2D eigenvalue weighted by atomic mass is 10.1. The standard InChI is InChI=1S/C22H13F2N3/c23-17-11-16(12-18(24)14-17)5-4-15-6-8-21-20(13-15)22(27-26-21)9-7-19-3-1-2-10-25-19/h1-3,6-14H,(H,26,27)/b9-7+. The number of benzene rings is 2. The van der Waals surface area contributed by atoms with Gasteiger partial charge in [-0.1, -0.05) is 17.9 Å². The third kappa shape index (κ3) is 3.91. The number of rotatable bonds is 2. The Balaban J connectivity index is 1.66. The van der Waals surface area contributed by atoms with Gasteiger partial charge >= 0.3 is 0 Å². The number of H-pyrrole nitrogens is 1. The van der Waals surface area contributed by atoms with E-state index in [2.05, 4.69) is 27.0 Å². The molecule has 2 aromatic carbocycles. The Kier molecular flexibility index (Phi) is 4.46. The molecule has 4 aromatic rings. The number of pyridine rings is 1. The van der Waals surface area contributed by atoms with Gasteiger partial charge in [0.05, 0.1) is 16.9 Å². The second-order valence-electron chi connectivity index (χ2n) is 5.87. The highest BCUT2D eigenvalue weighted by Gasteiger charge is 2.03. The molecule has 0 amide bonds. The first kappa shape index (κ1) is 16.7. The summed E-state index contributed by atoms with van der Waals surface area (Å²) in [7, 11) is 0. The van der Waals surface area contributed by atoms with E-state index in [0.29, 0.717) is 0 Å². The van der Waals surface area contributed by atoms with Gasteiger partial charge in [-0.2, -0.15) is 5.10 Å². The number of hydrogen-bond acceptors (Lipinski definition) is 2. The molecule has 27 heavy (non-hydrogen) atoms. The van der Waals surface area contributed by atoms with E-state index in [9.17, 15) is 8.78 Å². The first-order valence-electron chi connectivity index (χ1n) is 8.23. The molecule has 1 N–H and O–H groups in total. The number of halogens is 2. The number of nitrogens with one attached hydrogen (secondary N) is 1. The van der Waals surface area contributed by atoms with Crippen molar-refractivity contribution in [1.82, 2.24) is 15.2 Å². The Labute approximate surface area is 154 Å². The molecule has 0 bridgehead atoms. The van der Waals surface area contributed by atoms with Crippen LogP contribution in [0.5, 0.6) is 0 Å². The van der Waals surface area contributed by atoms with Crippen molar-refractivity contribution >= 4 is 23.1 Å². The highest BCUT2D eigenvalue weighted by molar-refractivity contribution is 5.90. The Morgan fingerprint density at radius 1 is 0.852 bits per heavy atom. The van der Waals surface area contributed by atoms with E-state index in [4.69, 9.17) is 0 Å². The summed E-state index contributed by atoms with van der Waals surface area (Å²) >= 11 is 0. The molecule has 0 radical (unpaired) electrons. The van der Waals surface area contributed by atoms with E-state index in [0.717, 1.165) is 33.9 Å². The smallest absolute Gasteiger partial charge is 0.127 e. The van der Waals surface area contributed by atoms with Crippen LogP contribution in [0.25, 0.3) is 23.1 Å². The van der Waals surface area contributed by atoms with E-state index >= 15 is 0 Å². The predicted molar refractivity (Wildman–Crippen MR) is 102 cm³/mol. The zero-order valence-corrected chi connectivity index (χ0v) is 14.1. The molecule has 3 nitrogen and oxygen atoms in total. The molecular formula is C22H13F2N3. The van der Waals surface area contributed by atoms with Gasteiger partial charge < -0.3 is 0 Å². The van der Waals surface area contributed by atoms with Gasteiger partial charge in [0.1, 0.15) is 11.6 Å². The van der Waals surface area contributed by atoms with Crippen molar-refractivity contribution in [2.75, 3.05) is 0 Å². The molecule has 5 heteroatoms. The average Bonchev–Trinajstić information content (AvgIpc) is 3.07. The monoisotopic (exact) mass is 357 g/mol. The Hall–Kier alpha value is -3.78. The van der Waals surface area contributed by atoms with Gasteiger partial charge in [-0.15, -0.1) is 0 Å². The summed E-state index contributed by atoms with van der Waals surface area (Å²) in [6.07, 6.45) is 5.52. The van der Waals surface area contributed by atoms with E-state index < -0.39 is 11.6 Å². The average molecular weight is 357 g/mol. The zero-order chi connectivity index (χ0) is 18.6. The van der Waals surface area contributed by atoms with Crippen molar-refractivity contribution in [3.05, 3.63) is 94.9 Å². The zero-order valence-electron chi connectivity index (χ0n) is 14.1. The number of aromatic amines is 1. The largest absolute Gasteiger partial charge is 0.277 e. The third-order valence-electron chi connectivity index (χ3n) is 3.91. The van der Waals surface area contributed by atoms with Gasteiger partial charge in [-0.25, -0.2) is 8.78 Å². The molecule has 4 rings (SSSR count). The van der Waals surface area contributed by atoms with Gasteiger partial charge in [-0.3, -0.25) is 10.1 Å². The number of nitrogens with zero attached hydrogens (tertiary/aromatic N) is 2. The molecular weight excluding hydrogens is 344 g/mol. The molecule has 0 fully saturated rings. The molecule has 2 aromatic heterocycles. The van der Waals surface area contributed by atoms with Crippen LogP contribution < -0.4 is 0 Å². The Morgan fingerprint density at radius 3 is 2.44 bits per heavy atom. The summed E-state index contributed by atoms with van der Waals surface area (Å²) in [4.78, 5) is 4.25. The van der Waals surface area contributed by atoms with Crippen LogP contribution >= 0.6 is 0 Å². The molecule has 2 heterocycles. The van der Waals surface area contributed by atoms with E-state index in [-0.39, 0.29) is 5.56 Å². The first-order valence-corrected chi connectivity index (χ1v) is 8.23. The topological polar surface area (TPSA) is 41.6 Å². The molecule has 0 unspecified atom stereocenters. The van der Waals surface area contributed by atoms with Crippen LogP contribution in [0.2, 0.25) is 0 Å². The maximum atomic E-state index is 13.3. The lowest BCUT2D eigenvalue weighted by Gasteiger charge is -1.95. The van der Waals surface area contributed by atoms with E-state index in [1.807, 2.05) is 48.6 Å². The molecule has 0 saturated carbocycles. The molecule has 130 valence electrons. The third-order valence-corrected chi connectivity index (χ3v) is 3.91.